The van der Waals surface area contributed by atoms with E-state index in [2.05, 4.69) is 5.10 Å². The Morgan fingerprint density at radius 3 is 2.53 bits per heavy atom. The van der Waals surface area contributed by atoms with E-state index in [-0.39, 0.29) is 23.2 Å². The summed E-state index contributed by atoms with van der Waals surface area (Å²) in [4.78, 5) is 41.4. The van der Waals surface area contributed by atoms with E-state index in [0.29, 0.717) is 42.9 Å². The van der Waals surface area contributed by atoms with E-state index in [1.807, 2.05) is 25.1 Å². The molecule has 2 aliphatic rings. The van der Waals surface area contributed by atoms with E-state index in [9.17, 15) is 18.8 Å². The molecule has 34 heavy (non-hydrogen) atoms. The van der Waals surface area contributed by atoms with Crippen molar-refractivity contribution in [3.63, 3.8) is 0 Å². The van der Waals surface area contributed by atoms with E-state index >= 15 is 0 Å². The molecule has 0 unspecified atom stereocenters. The van der Waals surface area contributed by atoms with E-state index in [0.717, 1.165) is 24.1 Å². The van der Waals surface area contributed by atoms with Gasteiger partial charge in [0, 0.05) is 36.4 Å². The van der Waals surface area contributed by atoms with Crippen LogP contribution in [0.25, 0.3) is 5.69 Å². The van der Waals surface area contributed by atoms with Gasteiger partial charge in [-0.1, -0.05) is 6.07 Å². The average Bonchev–Trinajstić information content (AvgIpc) is 3.21. The maximum atomic E-state index is 13.9. The predicted octanol–water partition coefficient (Wildman–Crippen LogP) is 3.14. The van der Waals surface area contributed by atoms with Crippen molar-refractivity contribution < 1.29 is 18.8 Å². The maximum absolute atomic E-state index is 13.9. The smallest absolute Gasteiger partial charge is 0.277 e. The Morgan fingerprint density at radius 2 is 1.82 bits per heavy atom. The summed E-state index contributed by atoms with van der Waals surface area (Å²) in [6.07, 6.45) is 2.79. The first-order chi connectivity index (χ1) is 16.3. The second-order valence-electron chi connectivity index (χ2n) is 8.61. The molecule has 0 saturated carbocycles. The number of benzene rings is 2. The fourth-order valence-corrected chi connectivity index (χ4v) is 4.77. The number of amides is 3. The summed E-state index contributed by atoms with van der Waals surface area (Å²) < 4.78 is 15.2. The van der Waals surface area contributed by atoms with Gasteiger partial charge in [-0.3, -0.25) is 14.4 Å². The summed E-state index contributed by atoms with van der Waals surface area (Å²) in [5.41, 5.74) is 8.90. The lowest BCUT2D eigenvalue weighted by molar-refractivity contribution is -0.119. The molecule has 2 aliphatic heterocycles. The first kappa shape index (κ1) is 21.8. The number of nitrogens with zero attached hydrogens (tertiary/aromatic N) is 4. The normalized spacial score (nSPS) is 16.1. The zero-order valence-corrected chi connectivity index (χ0v) is 18.8. The van der Waals surface area contributed by atoms with Crippen LogP contribution in [0.2, 0.25) is 0 Å². The lowest BCUT2D eigenvalue weighted by atomic mass is 10.0. The quantitative estimate of drug-likeness (QED) is 0.645. The van der Waals surface area contributed by atoms with Crippen molar-refractivity contribution in [3.8, 4) is 5.69 Å². The van der Waals surface area contributed by atoms with Crippen LogP contribution in [0.3, 0.4) is 0 Å². The highest BCUT2D eigenvalue weighted by atomic mass is 19.1. The zero-order valence-electron chi connectivity index (χ0n) is 18.8. The van der Waals surface area contributed by atoms with Gasteiger partial charge in [0.1, 0.15) is 11.5 Å². The van der Waals surface area contributed by atoms with Crippen molar-refractivity contribution in [3.05, 3.63) is 70.8 Å². The average molecular weight is 461 g/mol. The van der Waals surface area contributed by atoms with Crippen molar-refractivity contribution >= 4 is 29.1 Å². The minimum Gasteiger partial charge on any atom is -0.364 e. The monoisotopic (exact) mass is 461 g/mol. The summed E-state index contributed by atoms with van der Waals surface area (Å²) in [7, 11) is 0. The standard InChI is InChI=1S/C25H24FN5O3/c1-15-13-17(29-11-3-2-7-21(29)32)8-9-20(15)30-12-10-19-22(24(27)33)28-31(23(19)25(30)34)18-6-4-5-16(26)14-18/h4-6,8-9,13-14H,2-3,7,10-12H2,1H3,(H2,27,33). The molecular weight excluding hydrogens is 437 g/mol. The van der Waals surface area contributed by atoms with Crippen LogP contribution in [0.4, 0.5) is 15.8 Å². The zero-order chi connectivity index (χ0) is 24.0. The van der Waals surface area contributed by atoms with Crippen molar-refractivity contribution in [1.29, 1.82) is 0 Å². The van der Waals surface area contributed by atoms with Gasteiger partial charge in [-0.2, -0.15) is 5.10 Å². The third-order valence-corrected chi connectivity index (χ3v) is 6.41. The molecule has 3 amide bonds. The summed E-state index contributed by atoms with van der Waals surface area (Å²) in [6.45, 7) is 2.92. The number of aromatic nitrogens is 2. The minimum atomic E-state index is -0.737. The number of hydrogen-bond acceptors (Lipinski definition) is 4. The number of fused-ring (bicyclic) bond motifs is 1. The summed E-state index contributed by atoms with van der Waals surface area (Å²) in [5.74, 6) is -1.47. The largest absolute Gasteiger partial charge is 0.364 e. The van der Waals surface area contributed by atoms with Gasteiger partial charge in [-0.15, -0.1) is 0 Å². The number of piperidine rings is 1. The predicted molar refractivity (Wildman–Crippen MR) is 125 cm³/mol. The topological polar surface area (TPSA) is 102 Å². The SMILES string of the molecule is Cc1cc(N2CCCCC2=O)ccc1N1CCc2c(C(N)=O)nn(-c3cccc(F)c3)c2C1=O. The molecule has 0 spiro atoms. The lowest BCUT2D eigenvalue weighted by Gasteiger charge is -2.31. The molecule has 1 aromatic heterocycles. The Kier molecular flexibility index (Phi) is 5.39. The number of carbonyl (C=O) groups excluding carboxylic acids is 3. The molecule has 0 radical (unpaired) electrons. The fraction of sp³-hybridized carbons (Fsp3) is 0.280. The molecule has 2 N–H and O–H groups in total. The third-order valence-electron chi connectivity index (χ3n) is 6.41. The van der Waals surface area contributed by atoms with Gasteiger partial charge in [0.05, 0.1) is 5.69 Å². The Bertz CT molecular complexity index is 1330. The van der Waals surface area contributed by atoms with E-state index < -0.39 is 11.7 Å². The number of primary amides is 1. The highest BCUT2D eigenvalue weighted by molar-refractivity contribution is 6.10. The molecule has 2 aromatic carbocycles. The molecule has 3 aromatic rings. The Balaban J connectivity index is 1.54. The number of hydrogen-bond donors (Lipinski definition) is 1. The highest BCUT2D eigenvalue weighted by Gasteiger charge is 2.35. The van der Waals surface area contributed by atoms with Crippen LogP contribution in [0.15, 0.2) is 42.5 Å². The number of nitrogens with two attached hydrogens (primary N) is 1. The van der Waals surface area contributed by atoms with Crippen molar-refractivity contribution in [2.75, 3.05) is 22.9 Å². The summed E-state index contributed by atoms with van der Waals surface area (Å²) >= 11 is 0. The number of anilines is 2. The van der Waals surface area contributed by atoms with Gasteiger partial charge in [-0.05, 0) is 68.1 Å². The second-order valence-corrected chi connectivity index (χ2v) is 8.61. The van der Waals surface area contributed by atoms with Crippen LogP contribution in [0.5, 0.6) is 0 Å². The number of halogens is 1. The molecule has 9 heteroatoms. The van der Waals surface area contributed by atoms with Crippen LogP contribution in [-0.2, 0) is 11.2 Å². The van der Waals surface area contributed by atoms with E-state index in [4.69, 9.17) is 5.73 Å². The van der Waals surface area contributed by atoms with E-state index in [1.54, 1.807) is 15.9 Å². The Hall–Kier alpha value is -4.01. The summed E-state index contributed by atoms with van der Waals surface area (Å²) in [5, 5.41) is 4.27. The van der Waals surface area contributed by atoms with E-state index in [1.165, 1.54) is 22.9 Å². The molecule has 1 saturated heterocycles. The van der Waals surface area contributed by atoms with Crippen molar-refractivity contribution in [2.45, 2.75) is 32.6 Å². The van der Waals surface area contributed by atoms with Gasteiger partial charge < -0.3 is 15.5 Å². The second kappa shape index (κ2) is 8.40. The van der Waals surface area contributed by atoms with Gasteiger partial charge in [0.25, 0.3) is 11.8 Å². The lowest BCUT2D eigenvalue weighted by Crippen LogP contribution is -2.39. The molecule has 174 valence electrons. The van der Waals surface area contributed by atoms with Gasteiger partial charge in [-0.25, -0.2) is 9.07 Å². The molecule has 1 fully saturated rings. The molecule has 8 nitrogen and oxygen atoms in total. The fourth-order valence-electron chi connectivity index (χ4n) is 4.77. The summed E-state index contributed by atoms with van der Waals surface area (Å²) in [6, 6.07) is 11.3. The van der Waals surface area contributed by atoms with Crippen molar-refractivity contribution in [1.82, 2.24) is 9.78 Å². The highest BCUT2D eigenvalue weighted by Crippen LogP contribution is 2.33. The first-order valence-electron chi connectivity index (χ1n) is 11.3. The molecule has 0 bridgehead atoms. The molecule has 0 atom stereocenters. The molecule has 0 aliphatic carbocycles. The van der Waals surface area contributed by atoms with Crippen LogP contribution in [0.1, 0.15) is 51.4 Å². The minimum absolute atomic E-state index is 0.0166. The molecular formula is C25H24FN5O3. The molecule has 5 rings (SSSR count). The van der Waals surface area contributed by atoms with Crippen molar-refractivity contribution in [2.24, 2.45) is 5.73 Å². The van der Waals surface area contributed by atoms with Crippen LogP contribution >= 0.6 is 0 Å². The number of carbonyl (C=O) groups is 3. The number of rotatable bonds is 4. The van der Waals surface area contributed by atoms with Crippen LogP contribution < -0.4 is 15.5 Å². The third kappa shape index (κ3) is 3.63. The first-order valence-corrected chi connectivity index (χ1v) is 11.3. The number of aryl methyl sites for hydroxylation is 1. The van der Waals surface area contributed by atoms with Crippen LogP contribution in [0, 0.1) is 12.7 Å². The van der Waals surface area contributed by atoms with Gasteiger partial charge in [0.2, 0.25) is 5.91 Å². The maximum Gasteiger partial charge on any atom is 0.277 e. The van der Waals surface area contributed by atoms with Gasteiger partial charge in [0.15, 0.2) is 5.69 Å². The Morgan fingerprint density at radius 1 is 1.00 bits per heavy atom. The molecule has 3 heterocycles. The van der Waals surface area contributed by atoms with Gasteiger partial charge >= 0.3 is 0 Å². The Labute approximate surface area is 195 Å². The van der Waals surface area contributed by atoms with Crippen LogP contribution in [-0.4, -0.2) is 40.6 Å².